The Bertz CT molecular complexity index is 676. The van der Waals surface area contributed by atoms with Gasteiger partial charge in [0, 0.05) is 17.6 Å². The molecule has 0 bridgehead atoms. The maximum absolute atomic E-state index is 12.9. The predicted molar refractivity (Wildman–Crippen MR) is 81.7 cm³/mol. The zero-order valence-corrected chi connectivity index (χ0v) is 13.9. The Balaban J connectivity index is 2.47. The fourth-order valence-electron chi connectivity index (χ4n) is 2.88. The maximum Gasteiger partial charge on any atom is 0.308 e. The predicted octanol–water partition coefficient (Wildman–Crippen LogP) is 2.22. The monoisotopic (exact) mass is 347 g/mol. The van der Waals surface area contributed by atoms with Gasteiger partial charge in [-0.15, -0.1) is 0 Å². The van der Waals surface area contributed by atoms with E-state index in [-0.39, 0.29) is 22.2 Å². The molecule has 2 rings (SSSR count). The molecule has 1 N–H and O–H groups in total. The van der Waals surface area contributed by atoms with Crippen molar-refractivity contribution in [3.63, 3.8) is 0 Å². The van der Waals surface area contributed by atoms with Crippen LogP contribution < -0.4 is 4.74 Å². The second-order valence-electron chi connectivity index (χ2n) is 5.12. The van der Waals surface area contributed by atoms with E-state index < -0.39 is 28.0 Å². The number of benzene rings is 1. The number of methoxy groups -OCH3 is 1. The number of halogens is 1. The standard InChI is InChI=1S/C14H18ClNO5S/c1-3-11-10(14(17)18)6-7-16(11)22(19,20)13-8-9(15)4-5-12(13)21-2/h4-5,8,10-11H,3,6-7H2,1-2H3,(H,17,18). The van der Waals surface area contributed by atoms with E-state index in [2.05, 4.69) is 0 Å². The highest BCUT2D eigenvalue weighted by atomic mass is 35.5. The lowest BCUT2D eigenvalue weighted by molar-refractivity contribution is -0.142. The molecule has 1 aliphatic rings. The first-order valence-corrected chi connectivity index (χ1v) is 8.73. The Morgan fingerprint density at radius 3 is 2.73 bits per heavy atom. The third-order valence-electron chi connectivity index (χ3n) is 3.94. The van der Waals surface area contributed by atoms with E-state index in [0.717, 1.165) is 0 Å². The zero-order valence-electron chi connectivity index (χ0n) is 12.3. The summed E-state index contributed by atoms with van der Waals surface area (Å²) in [5.74, 6) is -1.47. The van der Waals surface area contributed by atoms with E-state index >= 15 is 0 Å². The zero-order chi connectivity index (χ0) is 16.5. The van der Waals surface area contributed by atoms with Crippen molar-refractivity contribution in [2.75, 3.05) is 13.7 Å². The molecule has 1 aromatic carbocycles. The second-order valence-corrected chi connectivity index (χ2v) is 7.42. The molecule has 122 valence electrons. The van der Waals surface area contributed by atoms with Crippen LogP contribution in [0.5, 0.6) is 5.75 Å². The van der Waals surface area contributed by atoms with Crippen molar-refractivity contribution in [1.82, 2.24) is 4.31 Å². The average molecular weight is 348 g/mol. The Morgan fingerprint density at radius 2 is 2.18 bits per heavy atom. The van der Waals surface area contributed by atoms with Gasteiger partial charge in [0.2, 0.25) is 10.0 Å². The van der Waals surface area contributed by atoms with Crippen LogP contribution in [-0.2, 0) is 14.8 Å². The van der Waals surface area contributed by atoms with Gasteiger partial charge in [0.15, 0.2) is 0 Å². The van der Waals surface area contributed by atoms with Gasteiger partial charge in [0.1, 0.15) is 10.6 Å². The molecule has 0 aromatic heterocycles. The normalized spacial score (nSPS) is 22.7. The van der Waals surface area contributed by atoms with Crippen LogP contribution in [0.15, 0.2) is 23.1 Å². The van der Waals surface area contributed by atoms with Gasteiger partial charge in [0.05, 0.1) is 13.0 Å². The lowest BCUT2D eigenvalue weighted by atomic mass is 9.99. The van der Waals surface area contributed by atoms with Crippen molar-refractivity contribution in [3.8, 4) is 5.75 Å². The van der Waals surface area contributed by atoms with Crippen LogP contribution in [0.2, 0.25) is 5.02 Å². The van der Waals surface area contributed by atoms with Gasteiger partial charge in [-0.2, -0.15) is 4.31 Å². The lowest BCUT2D eigenvalue weighted by Crippen LogP contribution is -2.39. The fourth-order valence-corrected chi connectivity index (χ4v) is 5.05. The van der Waals surface area contributed by atoms with Gasteiger partial charge in [-0.25, -0.2) is 8.42 Å². The number of hydrogen-bond acceptors (Lipinski definition) is 4. The number of rotatable bonds is 5. The van der Waals surface area contributed by atoms with Crippen molar-refractivity contribution in [2.24, 2.45) is 5.92 Å². The van der Waals surface area contributed by atoms with Gasteiger partial charge < -0.3 is 9.84 Å². The van der Waals surface area contributed by atoms with E-state index in [0.29, 0.717) is 12.8 Å². The summed E-state index contributed by atoms with van der Waals surface area (Å²) in [4.78, 5) is 11.3. The SMILES string of the molecule is CCC1C(C(=O)O)CCN1S(=O)(=O)c1cc(Cl)ccc1OC. The summed E-state index contributed by atoms with van der Waals surface area (Å²) in [6.07, 6.45) is 0.731. The highest BCUT2D eigenvalue weighted by Crippen LogP contribution is 2.36. The number of ether oxygens (including phenoxy) is 1. The molecule has 1 aliphatic heterocycles. The Kier molecular flexibility index (Phi) is 4.99. The topological polar surface area (TPSA) is 83.9 Å². The summed E-state index contributed by atoms with van der Waals surface area (Å²) >= 11 is 5.90. The third-order valence-corrected chi connectivity index (χ3v) is 6.12. The molecular weight excluding hydrogens is 330 g/mol. The van der Waals surface area contributed by atoms with Gasteiger partial charge in [-0.3, -0.25) is 4.79 Å². The summed E-state index contributed by atoms with van der Waals surface area (Å²) in [5.41, 5.74) is 0. The summed E-state index contributed by atoms with van der Waals surface area (Å²) in [5, 5.41) is 9.53. The number of aliphatic carboxylic acids is 1. The average Bonchev–Trinajstić information content (AvgIpc) is 2.92. The van der Waals surface area contributed by atoms with Crippen LogP contribution in [0.25, 0.3) is 0 Å². The van der Waals surface area contributed by atoms with E-state index in [4.69, 9.17) is 16.3 Å². The van der Waals surface area contributed by atoms with Crippen LogP contribution in [0, 0.1) is 5.92 Å². The maximum atomic E-state index is 12.9. The Hall–Kier alpha value is -1.31. The molecular formula is C14H18ClNO5S. The molecule has 0 aliphatic carbocycles. The number of hydrogen-bond donors (Lipinski definition) is 1. The minimum Gasteiger partial charge on any atom is -0.495 e. The van der Waals surface area contributed by atoms with Crippen LogP contribution in [0.1, 0.15) is 19.8 Å². The van der Waals surface area contributed by atoms with Crippen LogP contribution >= 0.6 is 11.6 Å². The number of carboxylic acid groups (broad SMARTS) is 1. The smallest absolute Gasteiger partial charge is 0.308 e. The summed E-state index contributed by atoms with van der Waals surface area (Å²) in [6.45, 7) is 1.96. The van der Waals surface area contributed by atoms with Crippen molar-refractivity contribution in [1.29, 1.82) is 0 Å². The molecule has 1 heterocycles. The minimum absolute atomic E-state index is 0.0352. The third kappa shape index (κ3) is 2.93. The summed E-state index contributed by atoms with van der Waals surface area (Å²) in [7, 11) is -2.49. The molecule has 6 nitrogen and oxygen atoms in total. The van der Waals surface area contributed by atoms with Crippen molar-refractivity contribution < 1.29 is 23.1 Å². The highest BCUT2D eigenvalue weighted by molar-refractivity contribution is 7.89. The highest BCUT2D eigenvalue weighted by Gasteiger charge is 2.44. The van der Waals surface area contributed by atoms with E-state index in [1.54, 1.807) is 13.0 Å². The fraction of sp³-hybridized carbons (Fsp3) is 0.500. The molecule has 8 heteroatoms. The van der Waals surface area contributed by atoms with E-state index in [1.165, 1.54) is 23.5 Å². The molecule has 22 heavy (non-hydrogen) atoms. The number of carboxylic acids is 1. The van der Waals surface area contributed by atoms with Crippen molar-refractivity contribution in [3.05, 3.63) is 23.2 Å². The first kappa shape index (κ1) is 17.1. The van der Waals surface area contributed by atoms with E-state index in [9.17, 15) is 18.3 Å². The molecule has 0 radical (unpaired) electrons. The second kappa shape index (κ2) is 6.44. The first-order chi connectivity index (χ1) is 10.3. The quantitative estimate of drug-likeness (QED) is 0.882. The summed E-state index contributed by atoms with van der Waals surface area (Å²) in [6, 6.07) is 3.80. The molecule has 0 spiro atoms. The Morgan fingerprint density at radius 1 is 1.50 bits per heavy atom. The van der Waals surface area contributed by atoms with Gasteiger partial charge in [-0.05, 0) is 31.0 Å². The van der Waals surface area contributed by atoms with Crippen LogP contribution in [-0.4, -0.2) is 43.5 Å². The minimum atomic E-state index is -3.87. The number of nitrogens with zero attached hydrogens (tertiary/aromatic N) is 1. The molecule has 1 fully saturated rings. The molecule has 1 aromatic rings. The van der Waals surface area contributed by atoms with E-state index in [1.807, 2.05) is 0 Å². The van der Waals surface area contributed by atoms with Gasteiger partial charge >= 0.3 is 5.97 Å². The molecule has 0 amide bonds. The van der Waals surface area contributed by atoms with Crippen LogP contribution in [0.4, 0.5) is 0 Å². The first-order valence-electron chi connectivity index (χ1n) is 6.91. The largest absolute Gasteiger partial charge is 0.495 e. The molecule has 2 unspecified atom stereocenters. The molecule has 0 saturated carbocycles. The number of sulfonamides is 1. The molecule has 1 saturated heterocycles. The van der Waals surface area contributed by atoms with Crippen LogP contribution in [0.3, 0.4) is 0 Å². The van der Waals surface area contributed by atoms with Crippen molar-refractivity contribution in [2.45, 2.75) is 30.7 Å². The summed E-state index contributed by atoms with van der Waals surface area (Å²) < 4.78 is 32.2. The van der Waals surface area contributed by atoms with Gasteiger partial charge in [0.25, 0.3) is 0 Å². The molecule has 2 atom stereocenters. The van der Waals surface area contributed by atoms with Gasteiger partial charge in [-0.1, -0.05) is 18.5 Å². The lowest BCUT2D eigenvalue weighted by Gasteiger charge is -2.25. The number of carbonyl (C=O) groups is 1. The van der Waals surface area contributed by atoms with Crippen molar-refractivity contribution >= 4 is 27.6 Å². The Labute approximate surface area is 134 Å².